The quantitative estimate of drug-likeness (QED) is 0.695. The van der Waals surface area contributed by atoms with Gasteiger partial charge in [0.05, 0.1) is 42.2 Å². The first-order valence-electron chi connectivity index (χ1n) is 11.9. The number of nitrogens with zero attached hydrogens (tertiary/aromatic N) is 2. The molecule has 2 fully saturated rings. The molecule has 5 rings (SSSR count). The molecule has 1 aromatic heterocycles. The molecule has 2 saturated heterocycles. The van der Waals surface area contributed by atoms with Gasteiger partial charge in [-0.3, -0.25) is 14.4 Å². The number of rotatable bonds is 4. The fourth-order valence-electron chi connectivity index (χ4n) is 4.84. The molecule has 3 aliphatic rings. The van der Waals surface area contributed by atoms with Crippen LogP contribution in [0.5, 0.6) is 5.75 Å². The fourth-order valence-corrected chi connectivity index (χ4v) is 5.46. The lowest BCUT2D eigenvalue weighted by atomic mass is 9.94. The SMILES string of the molecule is CN1C(=O)c2cc(NC(=O)c3cccs3)ccc2OC[C@H]2O[C@@H](CC(=O)N3CCOCC3)CC[C@@H]21. The predicted octanol–water partition coefficient (Wildman–Crippen LogP) is 2.63. The molecule has 1 N–H and O–H groups in total. The average Bonchev–Trinajstić information content (AvgIpc) is 3.42. The zero-order valence-corrected chi connectivity index (χ0v) is 20.4. The van der Waals surface area contributed by atoms with Crippen LogP contribution in [-0.2, 0) is 14.3 Å². The van der Waals surface area contributed by atoms with Gasteiger partial charge in [-0.05, 0) is 42.5 Å². The second-order valence-electron chi connectivity index (χ2n) is 9.01. The van der Waals surface area contributed by atoms with E-state index in [0.29, 0.717) is 61.0 Å². The highest BCUT2D eigenvalue weighted by Crippen LogP contribution is 2.33. The molecule has 3 atom stereocenters. The second-order valence-corrected chi connectivity index (χ2v) is 9.96. The van der Waals surface area contributed by atoms with Crippen molar-refractivity contribution in [2.75, 3.05) is 45.3 Å². The van der Waals surface area contributed by atoms with Crippen LogP contribution in [0.3, 0.4) is 0 Å². The summed E-state index contributed by atoms with van der Waals surface area (Å²) in [5.41, 5.74) is 0.936. The predicted molar refractivity (Wildman–Crippen MR) is 130 cm³/mol. The summed E-state index contributed by atoms with van der Waals surface area (Å²) in [7, 11) is 1.77. The molecule has 3 amide bonds. The molecule has 4 heterocycles. The summed E-state index contributed by atoms with van der Waals surface area (Å²) in [4.78, 5) is 42.6. The number of benzene rings is 1. The number of nitrogens with one attached hydrogen (secondary N) is 1. The van der Waals surface area contributed by atoms with Crippen LogP contribution in [0.15, 0.2) is 35.7 Å². The fraction of sp³-hybridized carbons (Fsp3) is 0.480. The highest BCUT2D eigenvalue weighted by molar-refractivity contribution is 7.12. The molecule has 0 spiro atoms. The zero-order chi connectivity index (χ0) is 24.4. The van der Waals surface area contributed by atoms with Crippen molar-refractivity contribution in [3.8, 4) is 5.75 Å². The third-order valence-electron chi connectivity index (χ3n) is 6.78. The first-order valence-corrected chi connectivity index (χ1v) is 12.8. The van der Waals surface area contributed by atoms with E-state index in [0.717, 1.165) is 6.42 Å². The first-order chi connectivity index (χ1) is 17.0. The van der Waals surface area contributed by atoms with E-state index in [9.17, 15) is 14.4 Å². The Labute approximate surface area is 207 Å². The molecule has 0 bridgehead atoms. The van der Waals surface area contributed by atoms with Crippen molar-refractivity contribution in [3.05, 3.63) is 46.2 Å². The Kier molecular flexibility index (Phi) is 7.03. The Morgan fingerprint density at radius 1 is 1.17 bits per heavy atom. The number of anilines is 1. The van der Waals surface area contributed by atoms with Crippen LogP contribution < -0.4 is 10.1 Å². The van der Waals surface area contributed by atoms with E-state index in [1.165, 1.54) is 11.3 Å². The van der Waals surface area contributed by atoms with E-state index in [1.54, 1.807) is 36.2 Å². The smallest absolute Gasteiger partial charge is 0.265 e. The summed E-state index contributed by atoms with van der Waals surface area (Å²) in [6, 6.07) is 8.50. The normalized spacial score (nSPS) is 24.5. The van der Waals surface area contributed by atoms with Gasteiger partial charge in [-0.1, -0.05) is 6.07 Å². The first kappa shape index (κ1) is 23.8. The number of carbonyl (C=O) groups excluding carboxylic acids is 3. The summed E-state index contributed by atoms with van der Waals surface area (Å²) in [6.07, 6.45) is 1.21. The highest BCUT2D eigenvalue weighted by Gasteiger charge is 2.39. The van der Waals surface area contributed by atoms with Crippen molar-refractivity contribution < 1.29 is 28.6 Å². The molecule has 10 heteroatoms. The van der Waals surface area contributed by atoms with Crippen LogP contribution >= 0.6 is 11.3 Å². The number of fused-ring (bicyclic) bond motifs is 2. The number of carbonyl (C=O) groups is 3. The summed E-state index contributed by atoms with van der Waals surface area (Å²) in [5.74, 6) is 0.124. The number of thiophene rings is 1. The van der Waals surface area contributed by atoms with Gasteiger partial charge in [-0.15, -0.1) is 11.3 Å². The van der Waals surface area contributed by atoms with E-state index in [1.807, 2.05) is 16.3 Å². The van der Waals surface area contributed by atoms with Crippen molar-refractivity contribution in [3.63, 3.8) is 0 Å². The maximum Gasteiger partial charge on any atom is 0.265 e. The average molecular weight is 500 g/mol. The monoisotopic (exact) mass is 499 g/mol. The third kappa shape index (κ3) is 5.19. The maximum absolute atomic E-state index is 13.4. The molecular weight excluding hydrogens is 470 g/mol. The third-order valence-corrected chi connectivity index (χ3v) is 7.65. The number of hydrogen-bond donors (Lipinski definition) is 1. The van der Waals surface area contributed by atoms with Gasteiger partial charge in [0.25, 0.3) is 11.8 Å². The standard InChI is InChI=1S/C25H29N3O6S/c1-27-19-6-5-17(14-23(29)28-8-10-32-11-9-28)34-21(19)15-33-20-7-4-16(13-18(20)25(27)31)26-24(30)22-3-2-12-35-22/h2-4,7,12-13,17,19,21H,5-6,8-11,14-15H2,1H3,(H,26,30)/t17-,19+,21-/m1/s1. The highest BCUT2D eigenvalue weighted by atomic mass is 32.1. The molecule has 1 aromatic carbocycles. The topological polar surface area (TPSA) is 97.4 Å². The molecule has 0 unspecified atom stereocenters. The van der Waals surface area contributed by atoms with Gasteiger partial charge in [0.2, 0.25) is 5.91 Å². The number of hydrogen-bond acceptors (Lipinski definition) is 7. The van der Waals surface area contributed by atoms with Gasteiger partial charge < -0.3 is 29.3 Å². The number of likely N-dealkylation sites (N-methyl/N-ethyl adjacent to an activating group) is 1. The Morgan fingerprint density at radius 2 is 2.00 bits per heavy atom. The number of amides is 3. The van der Waals surface area contributed by atoms with Gasteiger partial charge in [0, 0.05) is 25.8 Å². The van der Waals surface area contributed by atoms with Crippen LogP contribution in [0, 0.1) is 0 Å². The molecule has 9 nitrogen and oxygen atoms in total. The van der Waals surface area contributed by atoms with Crippen LogP contribution in [0.25, 0.3) is 0 Å². The Morgan fingerprint density at radius 3 is 2.77 bits per heavy atom. The van der Waals surface area contributed by atoms with Gasteiger partial charge in [0.15, 0.2) is 0 Å². The zero-order valence-electron chi connectivity index (χ0n) is 19.6. The molecule has 186 valence electrons. The van der Waals surface area contributed by atoms with E-state index in [2.05, 4.69) is 5.32 Å². The summed E-state index contributed by atoms with van der Waals surface area (Å²) in [6.45, 7) is 2.65. The Balaban J connectivity index is 1.27. The number of ether oxygens (including phenoxy) is 3. The van der Waals surface area contributed by atoms with Crippen molar-refractivity contribution in [2.24, 2.45) is 0 Å². The van der Waals surface area contributed by atoms with Crippen molar-refractivity contribution in [1.29, 1.82) is 0 Å². The molecule has 0 aliphatic carbocycles. The molecule has 35 heavy (non-hydrogen) atoms. The number of morpholine rings is 1. The molecule has 2 aromatic rings. The molecular formula is C25H29N3O6S. The van der Waals surface area contributed by atoms with Gasteiger partial charge in [0.1, 0.15) is 18.5 Å². The summed E-state index contributed by atoms with van der Waals surface area (Å²) >= 11 is 1.36. The van der Waals surface area contributed by atoms with Crippen molar-refractivity contribution in [1.82, 2.24) is 9.80 Å². The van der Waals surface area contributed by atoms with Gasteiger partial charge in [-0.2, -0.15) is 0 Å². The van der Waals surface area contributed by atoms with Gasteiger partial charge in [-0.25, -0.2) is 0 Å². The Bertz CT molecular complexity index is 1080. The summed E-state index contributed by atoms with van der Waals surface area (Å²) in [5, 5.41) is 4.69. The minimum absolute atomic E-state index is 0.0791. The van der Waals surface area contributed by atoms with Crippen LogP contribution in [0.1, 0.15) is 39.3 Å². The molecule has 0 saturated carbocycles. The van der Waals surface area contributed by atoms with Crippen LogP contribution in [-0.4, -0.2) is 85.7 Å². The largest absolute Gasteiger partial charge is 0.490 e. The lowest BCUT2D eigenvalue weighted by molar-refractivity contribution is -0.146. The van der Waals surface area contributed by atoms with Crippen LogP contribution in [0.2, 0.25) is 0 Å². The summed E-state index contributed by atoms with van der Waals surface area (Å²) < 4.78 is 17.6. The van der Waals surface area contributed by atoms with Gasteiger partial charge >= 0.3 is 0 Å². The second kappa shape index (κ2) is 10.3. The van der Waals surface area contributed by atoms with Crippen molar-refractivity contribution in [2.45, 2.75) is 37.5 Å². The van der Waals surface area contributed by atoms with E-state index >= 15 is 0 Å². The molecule has 3 aliphatic heterocycles. The van der Waals surface area contributed by atoms with Crippen LogP contribution in [0.4, 0.5) is 5.69 Å². The Hall–Kier alpha value is -2.95. The minimum atomic E-state index is -0.327. The maximum atomic E-state index is 13.4. The van der Waals surface area contributed by atoms with E-state index in [4.69, 9.17) is 14.2 Å². The van der Waals surface area contributed by atoms with E-state index < -0.39 is 0 Å². The minimum Gasteiger partial charge on any atom is -0.490 e. The van der Waals surface area contributed by atoms with E-state index in [-0.39, 0.29) is 42.6 Å². The lowest BCUT2D eigenvalue weighted by Gasteiger charge is -2.42. The van der Waals surface area contributed by atoms with Crippen molar-refractivity contribution >= 4 is 34.7 Å². The lowest BCUT2D eigenvalue weighted by Crippen LogP contribution is -2.54. The molecule has 0 radical (unpaired) electrons.